The fourth-order valence-corrected chi connectivity index (χ4v) is 2.67. The van der Waals surface area contributed by atoms with E-state index in [0.29, 0.717) is 18.9 Å². The van der Waals surface area contributed by atoms with Crippen LogP contribution in [-0.2, 0) is 4.79 Å². The van der Waals surface area contributed by atoms with Gasteiger partial charge in [-0.3, -0.25) is 4.79 Å². The van der Waals surface area contributed by atoms with Crippen LogP contribution in [0.1, 0.15) is 19.8 Å². The highest BCUT2D eigenvalue weighted by atomic mass is 35.5. The van der Waals surface area contributed by atoms with Crippen LogP contribution in [0.3, 0.4) is 0 Å². The summed E-state index contributed by atoms with van der Waals surface area (Å²) in [5.41, 5.74) is 7.66. The summed E-state index contributed by atoms with van der Waals surface area (Å²) < 4.78 is 0. The number of nitrogens with two attached hydrogens (primary N) is 1. The average Bonchev–Trinajstić information content (AvgIpc) is 2.53. The maximum Gasteiger partial charge on any atom is 0.227 e. The van der Waals surface area contributed by atoms with Crippen LogP contribution in [0.2, 0.25) is 0 Å². The number of amides is 1. The lowest BCUT2D eigenvalue weighted by Gasteiger charge is -2.24. The molecule has 0 aromatic heterocycles. The fourth-order valence-electron chi connectivity index (χ4n) is 2.67. The third-order valence-corrected chi connectivity index (χ3v) is 3.56. The van der Waals surface area contributed by atoms with Crippen LogP contribution in [-0.4, -0.2) is 32.6 Å². The first kappa shape index (κ1) is 16.8. The monoisotopic (exact) mass is 297 g/mol. The molecule has 0 spiro atoms. The minimum atomic E-state index is 0. The lowest BCUT2D eigenvalue weighted by molar-refractivity contribution is -0.118. The molecule has 1 aromatic carbocycles. The number of fused-ring (bicyclic) bond motifs is 1. The van der Waals surface area contributed by atoms with Crippen LogP contribution in [0.25, 0.3) is 0 Å². The van der Waals surface area contributed by atoms with E-state index in [1.54, 1.807) is 0 Å². The van der Waals surface area contributed by atoms with Crippen LogP contribution < -0.4 is 15.5 Å². The van der Waals surface area contributed by atoms with Crippen LogP contribution >= 0.6 is 12.4 Å². The van der Waals surface area contributed by atoms with Gasteiger partial charge in [0, 0.05) is 26.6 Å². The quantitative estimate of drug-likeness (QED) is 0.931. The molecular weight excluding hydrogens is 274 g/mol. The van der Waals surface area contributed by atoms with Crippen molar-refractivity contribution in [2.75, 3.05) is 36.5 Å². The normalized spacial score (nSPS) is 18.1. The first-order chi connectivity index (χ1) is 9.13. The molecule has 1 atom stereocenters. The molecule has 0 saturated heterocycles. The van der Waals surface area contributed by atoms with Gasteiger partial charge in [0.05, 0.1) is 11.4 Å². The van der Waals surface area contributed by atoms with E-state index in [4.69, 9.17) is 5.73 Å². The van der Waals surface area contributed by atoms with Gasteiger partial charge in [-0.2, -0.15) is 0 Å². The summed E-state index contributed by atoms with van der Waals surface area (Å²) in [6.45, 7) is 4.50. The molecule has 0 saturated carbocycles. The van der Waals surface area contributed by atoms with E-state index < -0.39 is 0 Å². The molecule has 5 heteroatoms. The second-order valence-corrected chi connectivity index (χ2v) is 5.37. The Morgan fingerprint density at radius 3 is 2.60 bits per heavy atom. The summed E-state index contributed by atoms with van der Waals surface area (Å²) in [6.07, 6.45) is 1.28. The van der Waals surface area contributed by atoms with Crippen LogP contribution in [0, 0.1) is 5.92 Å². The largest absolute Gasteiger partial charge is 0.373 e. The molecule has 112 valence electrons. The van der Waals surface area contributed by atoms with Gasteiger partial charge < -0.3 is 15.5 Å². The second-order valence-electron chi connectivity index (χ2n) is 5.37. The maximum atomic E-state index is 12.4. The van der Waals surface area contributed by atoms with E-state index in [1.807, 2.05) is 23.1 Å². The van der Waals surface area contributed by atoms with Crippen LogP contribution in [0.5, 0.6) is 0 Å². The molecule has 2 rings (SSSR count). The van der Waals surface area contributed by atoms with Crippen molar-refractivity contribution in [2.24, 2.45) is 11.7 Å². The number of carbonyl (C=O) groups excluding carboxylic acids is 1. The molecule has 0 aliphatic carbocycles. The van der Waals surface area contributed by atoms with E-state index in [9.17, 15) is 4.79 Å². The highest BCUT2D eigenvalue weighted by Gasteiger charge is 2.25. The molecule has 20 heavy (non-hydrogen) atoms. The minimum absolute atomic E-state index is 0. The molecule has 1 aliphatic heterocycles. The first-order valence-electron chi connectivity index (χ1n) is 6.94. The molecule has 0 bridgehead atoms. The maximum absolute atomic E-state index is 12.4. The van der Waals surface area contributed by atoms with Crippen molar-refractivity contribution in [1.29, 1.82) is 0 Å². The number of para-hydroxylation sites is 2. The van der Waals surface area contributed by atoms with Crippen molar-refractivity contribution in [1.82, 2.24) is 0 Å². The first-order valence-corrected chi connectivity index (χ1v) is 6.94. The lowest BCUT2D eigenvalue weighted by Crippen LogP contribution is -2.35. The van der Waals surface area contributed by atoms with Crippen molar-refractivity contribution >= 4 is 29.7 Å². The Bertz CT molecular complexity index is 452. The van der Waals surface area contributed by atoms with E-state index in [-0.39, 0.29) is 18.3 Å². The number of benzene rings is 1. The SMILES string of the molecule is CC1CN(C)c2ccccc2N(C(=O)CCCN)C1.Cl. The predicted octanol–water partition coefficient (Wildman–Crippen LogP) is 2.27. The van der Waals surface area contributed by atoms with Crippen molar-refractivity contribution in [3.8, 4) is 0 Å². The van der Waals surface area contributed by atoms with Crippen molar-refractivity contribution in [3.05, 3.63) is 24.3 Å². The summed E-state index contributed by atoms with van der Waals surface area (Å²) in [6, 6.07) is 8.13. The number of hydrogen-bond donors (Lipinski definition) is 1. The zero-order chi connectivity index (χ0) is 13.8. The van der Waals surface area contributed by atoms with Gasteiger partial charge >= 0.3 is 0 Å². The number of anilines is 2. The Kier molecular flexibility index (Phi) is 6.30. The molecule has 1 unspecified atom stereocenters. The van der Waals surface area contributed by atoms with Gasteiger partial charge in [0.15, 0.2) is 0 Å². The zero-order valence-corrected chi connectivity index (χ0v) is 13.0. The van der Waals surface area contributed by atoms with Crippen LogP contribution in [0.4, 0.5) is 11.4 Å². The Morgan fingerprint density at radius 1 is 1.30 bits per heavy atom. The number of carbonyl (C=O) groups is 1. The summed E-state index contributed by atoms with van der Waals surface area (Å²) in [7, 11) is 2.09. The van der Waals surface area contributed by atoms with Gasteiger partial charge in [-0.25, -0.2) is 0 Å². The number of hydrogen-bond acceptors (Lipinski definition) is 3. The Hall–Kier alpha value is -1.26. The highest BCUT2D eigenvalue weighted by molar-refractivity contribution is 5.97. The summed E-state index contributed by atoms with van der Waals surface area (Å²) in [4.78, 5) is 16.5. The molecule has 1 aromatic rings. The van der Waals surface area contributed by atoms with Gasteiger partial charge in [-0.1, -0.05) is 19.1 Å². The van der Waals surface area contributed by atoms with Gasteiger partial charge in [-0.15, -0.1) is 12.4 Å². The van der Waals surface area contributed by atoms with E-state index in [1.165, 1.54) is 0 Å². The Morgan fingerprint density at radius 2 is 1.95 bits per heavy atom. The molecular formula is C15H24ClN3O. The Balaban J connectivity index is 0.00000200. The smallest absolute Gasteiger partial charge is 0.227 e. The van der Waals surface area contributed by atoms with Gasteiger partial charge in [0.25, 0.3) is 0 Å². The van der Waals surface area contributed by atoms with E-state index in [0.717, 1.165) is 30.9 Å². The predicted molar refractivity (Wildman–Crippen MR) is 86.8 cm³/mol. The van der Waals surface area contributed by atoms with Gasteiger partial charge in [0.2, 0.25) is 5.91 Å². The number of halogens is 1. The third kappa shape index (κ3) is 3.64. The van der Waals surface area contributed by atoms with Crippen molar-refractivity contribution < 1.29 is 4.79 Å². The summed E-state index contributed by atoms with van der Waals surface area (Å²) in [5.74, 6) is 0.638. The molecule has 1 heterocycles. The Labute approximate surface area is 127 Å². The molecule has 0 radical (unpaired) electrons. The van der Waals surface area contributed by atoms with Crippen molar-refractivity contribution in [3.63, 3.8) is 0 Å². The van der Waals surface area contributed by atoms with Gasteiger partial charge in [-0.05, 0) is 31.0 Å². The van der Waals surface area contributed by atoms with Crippen LogP contribution in [0.15, 0.2) is 24.3 Å². The third-order valence-electron chi connectivity index (χ3n) is 3.56. The van der Waals surface area contributed by atoms with Crippen molar-refractivity contribution in [2.45, 2.75) is 19.8 Å². The standard InChI is InChI=1S/C15H23N3O.ClH/c1-12-10-17(2)13-6-3-4-7-14(13)18(11-12)15(19)8-5-9-16;/h3-4,6-7,12H,5,8-11,16H2,1-2H3;1H. The van der Waals surface area contributed by atoms with Gasteiger partial charge in [0.1, 0.15) is 0 Å². The second kappa shape index (κ2) is 7.50. The molecule has 1 aliphatic rings. The molecule has 4 nitrogen and oxygen atoms in total. The summed E-state index contributed by atoms with van der Waals surface area (Å²) in [5, 5.41) is 0. The fraction of sp³-hybridized carbons (Fsp3) is 0.533. The van der Waals surface area contributed by atoms with E-state index >= 15 is 0 Å². The topological polar surface area (TPSA) is 49.6 Å². The van der Waals surface area contributed by atoms with E-state index in [2.05, 4.69) is 24.9 Å². The minimum Gasteiger partial charge on any atom is -0.373 e. The average molecular weight is 298 g/mol. The molecule has 0 fully saturated rings. The number of rotatable bonds is 3. The lowest BCUT2D eigenvalue weighted by atomic mass is 10.1. The zero-order valence-electron chi connectivity index (χ0n) is 12.2. The highest BCUT2D eigenvalue weighted by Crippen LogP contribution is 2.32. The number of nitrogens with zero attached hydrogens (tertiary/aromatic N) is 2. The molecule has 1 amide bonds. The summed E-state index contributed by atoms with van der Waals surface area (Å²) >= 11 is 0. The molecule has 2 N–H and O–H groups in total.